The predicted molar refractivity (Wildman–Crippen MR) is 74.6 cm³/mol. The van der Waals surface area contributed by atoms with Crippen LogP contribution in [0.3, 0.4) is 0 Å². The number of ether oxygens (including phenoxy) is 2. The van der Waals surface area contributed by atoms with E-state index in [2.05, 4.69) is 6.58 Å². The number of hydrogen-bond donors (Lipinski definition) is 0. The van der Waals surface area contributed by atoms with Crippen LogP contribution < -0.4 is 0 Å². The van der Waals surface area contributed by atoms with Gasteiger partial charge in [0.05, 0.1) is 0 Å². The summed E-state index contributed by atoms with van der Waals surface area (Å²) < 4.78 is 10.5. The van der Waals surface area contributed by atoms with E-state index < -0.39 is 29.1 Å². The molecule has 0 saturated heterocycles. The van der Waals surface area contributed by atoms with E-state index in [9.17, 15) is 9.59 Å². The largest absolute Gasteiger partial charge is 0.459 e. The maximum Gasteiger partial charge on any atom is 0.321 e. The third-order valence-electron chi connectivity index (χ3n) is 1.94. The first-order valence-electron chi connectivity index (χ1n) is 6.42. The molecule has 0 rings (SSSR count). The van der Waals surface area contributed by atoms with E-state index in [1.807, 2.05) is 0 Å². The summed E-state index contributed by atoms with van der Waals surface area (Å²) in [6.45, 7) is 16.1. The molecule has 0 N–H and O–H groups in total. The summed E-state index contributed by atoms with van der Waals surface area (Å²) in [7, 11) is 0. The lowest BCUT2D eigenvalue weighted by Gasteiger charge is -2.26. The Morgan fingerprint density at radius 3 is 1.47 bits per heavy atom. The number of carbonyl (C=O) groups excluding carboxylic acids is 2. The van der Waals surface area contributed by atoms with Crippen LogP contribution in [-0.4, -0.2) is 23.1 Å². The van der Waals surface area contributed by atoms with E-state index in [-0.39, 0.29) is 6.42 Å². The van der Waals surface area contributed by atoms with Crippen molar-refractivity contribution in [1.29, 1.82) is 0 Å². The van der Waals surface area contributed by atoms with Gasteiger partial charge < -0.3 is 9.47 Å². The molecule has 4 heteroatoms. The van der Waals surface area contributed by atoms with E-state index in [1.54, 1.807) is 48.5 Å². The van der Waals surface area contributed by atoms with Gasteiger partial charge in [0.2, 0.25) is 0 Å². The minimum Gasteiger partial charge on any atom is -0.459 e. The minimum absolute atomic E-state index is 0.240. The van der Waals surface area contributed by atoms with Crippen LogP contribution >= 0.6 is 0 Å². The molecule has 0 aliphatic heterocycles. The van der Waals surface area contributed by atoms with Crippen molar-refractivity contribution in [3.8, 4) is 0 Å². The van der Waals surface area contributed by atoms with Gasteiger partial charge in [-0.25, -0.2) is 0 Å². The molecule has 0 spiro atoms. The number of rotatable bonds is 4. The van der Waals surface area contributed by atoms with Gasteiger partial charge in [-0.1, -0.05) is 5.57 Å². The van der Waals surface area contributed by atoms with Crippen LogP contribution in [0.15, 0.2) is 12.2 Å². The molecule has 0 aliphatic rings. The Hall–Kier alpha value is -1.32. The molecule has 0 aromatic rings. The standard InChI is InChI=1S/C15H26O4/c1-10(2)9-11(12(16)18-14(3,4)5)13(17)19-15(6,7)8/h11H,1,9H2,2-8H3. The van der Waals surface area contributed by atoms with Crippen molar-refractivity contribution in [2.24, 2.45) is 5.92 Å². The lowest BCUT2D eigenvalue weighted by atomic mass is 10.0. The second-order valence-corrected chi connectivity index (χ2v) is 6.78. The van der Waals surface area contributed by atoms with E-state index in [0.717, 1.165) is 5.57 Å². The average Bonchev–Trinajstić information content (AvgIpc) is 2.07. The smallest absolute Gasteiger partial charge is 0.321 e. The van der Waals surface area contributed by atoms with Crippen LogP contribution in [-0.2, 0) is 19.1 Å². The highest BCUT2D eigenvalue weighted by Gasteiger charge is 2.34. The van der Waals surface area contributed by atoms with Gasteiger partial charge in [-0.3, -0.25) is 9.59 Å². The number of allylic oxidation sites excluding steroid dienone is 1. The van der Waals surface area contributed by atoms with Crippen LogP contribution in [0, 0.1) is 5.92 Å². The summed E-state index contributed by atoms with van der Waals surface area (Å²) in [6.07, 6.45) is 0.240. The first-order valence-corrected chi connectivity index (χ1v) is 6.42. The molecule has 110 valence electrons. The van der Waals surface area contributed by atoms with Crippen LogP contribution in [0.4, 0.5) is 0 Å². The normalized spacial score (nSPS) is 12.2. The topological polar surface area (TPSA) is 52.6 Å². The maximum absolute atomic E-state index is 12.1. The van der Waals surface area contributed by atoms with Crippen LogP contribution in [0.25, 0.3) is 0 Å². The van der Waals surface area contributed by atoms with Crippen molar-refractivity contribution in [2.45, 2.75) is 66.1 Å². The monoisotopic (exact) mass is 270 g/mol. The Labute approximate surface area is 116 Å². The molecule has 0 radical (unpaired) electrons. The average molecular weight is 270 g/mol. The van der Waals surface area contributed by atoms with Gasteiger partial charge in [-0.05, 0) is 54.9 Å². The fraction of sp³-hybridized carbons (Fsp3) is 0.733. The summed E-state index contributed by atoms with van der Waals surface area (Å²) in [5, 5.41) is 0. The third-order valence-corrected chi connectivity index (χ3v) is 1.94. The second-order valence-electron chi connectivity index (χ2n) is 6.78. The van der Waals surface area contributed by atoms with E-state index in [1.165, 1.54) is 0 Å². The molecular formula is C15H26O4. The van der Waals surface area contributed by atoms with E-state index in [4.69, 9.17) is 9.47 Å². The van der Waals surface area contributed by atoms with Gasteiger partial charge in [0.25, 0.3) is 0 Å². The van der Waals surface area contributed by atoms with Crippen LogP contribution in [0.1, 0.15) is 54.9 Å². The molecule has 0 unspecified atom stereocenters. The Balaban J connectivity index is 4.95. The molecule has 0 fully saturated rings. The molecule has 19 heavy (non-hydrogen) atoms. The fourth-order valence-corrected chi connectivity index (χ4v) is 1.36. The highest BCUT2D eigenvalue weighted by molar-refractivity contribution is 5.95. The summed E-state index contributed by atoms with van der Waals surface area (Å²) in [5.74, 6) is -2.08. The van der Waals surface area contributed by atoms with Crippen molar-refractivity contribution in [3.05, 3.63) is 12.2 Å². The Bertz CT molecular complexity index is 327. The molecule has 4 nitrogen and oxygen atoms in total. The van der Waals surface area contributed by atoms with Gasteiger partial charge in [-0.15, -0.1) is 6.58 Å². The number of esters is 2. The summed E-state index contributed by atoms with van der Waals surface area (Å²) >= 11 is 0. The van der Waals surface area contributed by atoms with Gasteiger partial charge in [0, 0.05) is 0 Å². The fourth-order valence-electron chi connectivity index (χ4n) is 1.36. The highest BCUT2D eigenvalue weighted by Crippen LogP contribution is 2.20. The minimum atomic E-state index is -0.948. The summed E-state index contributed by atoms with van der Waals surface area (Å²) in [6, 6.07) is 0. The summed E-state index contributed by atoms with van der Waals surface area (Å²) in [4.78, 5) is 24.1. The van der Waals surface area contributed by atoms with Gasteiger partial charge in [-0.2, -0.15) is 0 Å². The molecular weight excluding hydrogens is 244 g/mol. The molecule has 0 bridgehead atoms. The Morgan fingerprint density at radius 1 is 0.947 bits per heavy atom. The molecule has 0 saturated carbocycles. The van der Waals surface area contributed by atoms with Crippen molar-refractivity contribution >= 4 is 11.9 Å². The number of carbonyl (C=O) groups is 2. The van der Waals surface area contributed by atoms with Gasteiger partial charge >= 0.3 is 11.9 Å². The van der Waals surface area contributed by atoms with Crippen molar-refractivity contribution in [2.75, 3.05) is 0 Å². The second kappa shape index (κ2) is 6.22. The quantitative estimate of drug-likeness (QED) is 0.447. The van der Waals surface area contributed by atoms with Crippen LogP contribution in [0.2, 0.25) is 0 Å². The lowest BCUT2D eigenvalue weighted by molar-refractivity contribution is -0.174. The number of hydrogen-bond acceptors (Lipinski definition) is 4. The van der Waals surface area contributed by atoms with Gasteiger partial charge in [0.15, 0.2) is 5.92 Å². The predicted octanol–water partition coefficient (Wildman–Crippen LogP) is 3.25. The Kier molecular flexibility index (Phi) is 5.79. The molecule has 0 aromatic carbocycles. The molecule has 0 aromatic heterocycles. The maximum atomic E-state index is 12.1. The lowest BCUT2D eigenvalue weighted by Crippen LogP contribution is -2.37. The third kappa shape index (κ3) is 8.41. The Morgan fingerprint density at radius 2 is 1.26 bits per heavy atom. The van der Waals surface area contributed by atoms with Gasteiger partial charge in [0.1, 0.15) is 11.2 Å². The molecule has 0 amide bonds. The SMILES string of the molecule is C=C(C)CC(C(=O)OC(C)(C)C)C(=O)OC(C)(C)C. The first kappa shape index (κ1) is 17.7. The molecule has 0 atom stereocenters. The zero-order valence-corrected chi connectivity index (χ0v) is 13.1. The van der Waals surface area contributed by atoms with E-state index in [0.29, 0.717) is 0 Å². The first-order chi connectivity index (χ1) is 8.32. The molecule has 0 aliphatic carbocycles. The van der Waals surface area contributed by atoms with Crippen molar-refractivity contribution < 1.29 is 19.1 Å². The van der Waals surface area contributed by atoms with Crippen molar-refractivity contribution in [3.63, 3.8) is 0 Å². The van der Waals surface area contributed by atoms with Crippen LogP contribution in [0.5, 0.6) is 0 Å². The highest BCUT2D eigenvalue weighted by atomic mass is 16.6. The van der Waals surface area contributed by atoms with E-state index >= 15 is 0 Å². The zero-order chi connectivity index (χ0) is 15.4. The summed E-state index contributed by atoms with van der Waals surface area (Å²) in [5.41, 5.74) is -0.527. The zero-order valence-electron chi connectivity index (χ0n) is 13.1. The molecule has 0 heterocycles. The van der Waals surface area contributed by atoms with Crippen molar-refractivity contribution in [1.82, 2.24) is 0 Å².